The maximum atomic E-state index is 13.6. The third kappa shape index (κ3) is 4.70. The van der Waals surface area contributed by atoms with Crippen LogP contribution in [0.15, 0.2) is 18.2 Å². The van der Waals surface area contributed by atoms with Gasteiger partial charge in [0.05, 0.1) is 12.8 Å². The number of amides is 2. The Morgan fingerprint density at radius 3 is 2.33 bits per heavy atom. The van der Waals surface area contributed by atoms with E-state index in [1.54, 1.807) is 6.92 Å². The van der Waals surface area contributed by atoms with Gasteiger partial charge in [-0.2, -0.15) is 4.31 Å². The number of nitrogens with one attached hydrogen (secondary N) is 1. The fourth-order valence-electron chi connectivity index (χ4n) is 4.60. The number of benzene rings is 1. The van der Waals surface area contributed by atoms with Crippen LogP contribution >= 0.6 is 0 Å². The molecule has 1 atom stereocenters. The molecule has 2 fully saturated rings. The van der Waals surface area contributed by atoms with Gasteiger partial charge in [0.25, 0.3) is 0 Å². The topological polar surface area (TPSA) is 86.8 Å². The number of sulfonamides is 1. The van der Waals surface area contributed by atoms with Crippen molar-refractivity contribution in [3.05, 3.63) is 29.3 Å². The molecule has 2 amide bonds. The second kappa shape index (κ2) is 8.67. The summed E-state index contributed by atoms with van der Waals surface area (Å²) in [7, 11) is -3.62. The molecule has 1 aliphatic heterocycles. The van der Waals surface area contributed by atoms with Gasteiger partial charge >= 0.3 is 0 Å². The van der Waals surface area contributed by atoms with Crippen LogP contribution < -0.4 is 10.2 Å². The Labute approximate surface area is 179 Å². The zero-order chi connectivity index (χ0) is 22.1. The number of hydrogen-bond donors (Lipinski definition) is 1. The number of rotatable bonds is 4. The van der Waals surface area contributed by atoms with Gasteiger partial charge in [-0.25, -0.2) is 8.42 Å². The molecule has 1 saturated carbocycles. The fourth-order valence-corrected chi connectivity index (χ4v) is 5.43. The highest BCUT2D eigenvalue weighted by Crippen LogP contribution is 2.33. The molecule has 0 bridgehead atoms. The second-order valence-corrected chi connectivity index (χ2v) is 11.0. The SMILES string of the molecule is Cc1ccc(N2C(=O)CN(S(C)(=O)=O)CC2(C)C(=O)NC2CCCCCC2)c(C)c1. The van der Waals surface area contributed by atoms with Gasteiger partial charge < -0.3 is 5.32 Å². The average molecular weight is 436 g/mol. The van der Waals surface area contributed by atoms with Gasteiger partial charge in [0.1, 0.15) is 5.54 Å². The van der Waals surface area contributed by atoms with Crippen molar-refractivity contribution in [2.24, 2.45) is 0 Å². The summed E-state index contributed by atoms with van der Waals surface area (Å²) in [6.07, 6.45) is 7.37. The third-order valence-corrected chi connectivity index (χ3v) is 7.48. The van der Waals surface area contributed by atoms with Crippen LogP contribution in [0.1, 0.15) is 56.6 Å². The van der Waals surface area contributed by atoms with Crippen LogP contribution in [0.3, 0.4) is 0 Å². The summed E-state index contributed by atoms with van der Waals surface area (Å²) in [6, 6.07) is 5.77. The number of aryl methyl sites for hydroxylation is 2. The van der Waals surface area contributed by atoms with Crippen LogP contribution in [0.4, 0.5) is 5.69 Å². The van der Waals surface area contributed by atoms with Crippen LogP contribution in [0.2, 0.25) is 0 Å². The van der Waals surface area contributed by atoms with Crippen molar-refractivity contribution in [1.82, 2.24) is 9.62 Å². The Hall–Kier alpha value is -1.93. The van der Waals surface area contributed by atoms with Gasteiger partial charge in [0.15, 0.2) is 0 Å². The van der Waals surface area contributed by atoms with E-state index in [1.165, 1.54) is 17.7 Å². The molecule has 1 aromatic carbocycles. The normalized spacial score (nSPS) is 24.5. The summed E-state index contributed by atoms with van der Waals surface area (Å²) in [6.45, 7) is 5.22. The van der Waals surface area contributed by atoms with E-state index in [1.807, 2.05) is 32.0 Å². The van der Waals surface area contributed by atoms with Crippen molar-refractivity contribution >= 4 is 27.5 Å². The lowest BCUT2D eigenvalue weighted by molar-refractivity contribution is -0.133. The van der Waals surface area contributed by atoms with Gasteiger partial charge in [-0.3, -0.25) is 14.5 Å². The lowest BCUT2D eigenvalue weighted by atomic mass is 9.92. The first-order chi connectivity index (χ1) is 14.0. The summed E-state index contributed by atoms with van der Waals surface area (Å²) < 4.78 is 25.6. The van der Waals surface area contributed by atoms with Crippen molar-refractivity contribution in [1.29, 1.82) is 0 Å². The summed E-state index contributed by atoms with van der Waals surface area (Å²) in [5, 5.41) is 3.14. The molecule has 1 aliphatic carbocycles. The lowest BCUT2D eigenvalue weighted by Gasteiger charge is -2.47. The molecule has 3 rings (SSSR count). The Balaban J connectivity index is 2.00. The summed E-state index contributed by atoms with van der Waals surface area (Å²) in [5.41, 5.74) is 1.26. The van der Waals surface area contributed by atoms with E-state index in [2.05, 4.69) is 5.32 Å². The Kier molecular flexibility index (Phi) is 6.57. The minimum absolute atomic E-state index is 0.0569. The zero-order valence-electron chi connectivity index (χ0n) is 18.4. The highest BCUT2D eigenvalue weighted by Gasteiger charge is 2.50. The number of piperazine rings is 1. The molecule has 1 unspecified atom stereocenters. The molecular formula is C22H33N3O4S. The standard InChI is InChI=1S/C22H33N3O4S/c1-16-11-12-19(17(2)13-16)25-20(26)14-24(30(4,28)29)15-22(25,3)21(27)23-18-9-7-5-6-8-10-18/h11-13,18H,5-10,14-15H2,1-4H3,(H,23,27). The Bertz CT molecular complexity index is 922. The number of anilines is 1. The molecular weight excluding hydrogens is 402 g/mol. The van der Waals surface area contributed by atoms with Crippen molar-refractivity contribution in [3.8, 4) is 0 Å². The van der Waals surface area contributed by atoms with Crippen LogP contribution in [-0.2, 0) is 19.6 Å². The first kappa shape index (κ1) is 22.7. The van der Waals surface area contributed by atoms with Crippen LogP contribution in [-0.4, -0.2) is 55.5 Å². The van der Waals surface area contributed by atoms with E-state index < -0.39 is 21.5 Å². The highest BCUT2D eigenvalue weighted by atomic mass is 32.2. The van der Waals surface area contributed by atoms with Gasteiger partial charge in [0.2, 0.25) is 21.8 Å². The van der Waals surface area contributed by atoms with Gasteiger partial charge in [0, 0.05) is 18.3 Å². The largest absolute Gasteiger partial charge is 0.351 e. The first-order valence-corrected chi connectivity index (χ1v) is 12.5. The Morgan fingerprint density at radius 1 is 1.13 bits per heavy atom. The molecule has 8 heteroatoms. The van der Waals surface area contributed by atoms with Gasteiger partial charge in [-0.05, 0) is 45.2 Å². The molecule has 1 N–H and O–H groups in total. The number of carbonyl (C=O) groups excluding carboxylic acids is 2. The highest BCUT2D eigenvalue weighted by molar-refractivity contribution is 7.88. The van der Waals surface area contributed by atoms with Crippen LogP contribution in [0.5, 0.6) is 0 Å². The fraction of sp³-hybridized carbons (Fsp3) is 0.636. The quantitative estimate of drug-likeness (QED) is 0.736. The van der Waals surface area contributed by atoms with E-state index in [0.29, 0.717) is 5.69 Å². The number of hydrogen-bond acceptors (Lipinski definition) is 4. The smallest absolute Gasteiger partial charge is 0.247 e. The maximum absolute atomic E-state index is 13.6. The van der Waals surface area contributed by atoms with Crippen molar-refractivity contribution in [2.75, 3.05) is 24.2 Å². The Morgan fingerprint density at radius 2 is 1.77 bits per heavy atom. The third-order valence-electron chi connectivity index (χ3n) is 6.28. The predicted molar refractivity (Wildman–Crippen MR) is 118 cm³/mol. The van der Waals surface area contributed by atoms with E-state index in [4.69, 9.17) is 0 Å². The molecule has 166 valence electrons. The summed E-state index contributed by atoms with van der Waals surface area (Å²) >= 11 is 0. The minimum Gasteiger partial charge on any atom is -0.351 e. The lowest BCUT2D eigenvalue weighted by Crippen LogP contribution is -2.70. The molecule has 1 aromatic rings. The molecule has 0 spiro atoms. The van der Waals surface area contributed by atoms with Gasteiger partial charge in [-0.15, -0.1) is 0 Å². The molecule has 7 nitrogen and oxygen atoms in total. The van der Waals surface area contributed by atoms with Crippen molar-refractivity contribution in [3.63, 3.8) is 0 Å². The first-order valence-electron chi connectivity index (χ1n) is 10.7. The molecule has 0 radical (unpaired) electrons. The molecule has 1 saturated heterocycles. The van der Waals surface area contributed by atoms with Crippen LogP contribution in [0, 0.1) is 13.8 Å². The van der Waals surface area contributed by atoms with E-state index in [9.17, 15) is 18.0 Å². The van der Waals surface area contributed by atoms with Crippen LogP contribution in [0.25, 0.3) is 0 Å². The predicted octanol–water partition coefficient (Wildman–Crippen LogP) is 2.51. The van der Waals surface area contributed by atoms with Crippen molar-refractivity contribution < 1.29 is 18.0 Å². The van der Waals surface area contributed by atoms with E-state index in [0.717, 1.165) is 47.4 Å². The average Bonchev–Trinajstić information content (AvgIpc) is 2.90. The maximum Gasteiger partial charge on any atom is 0.247 e. The molecule has 1 heterocycles. The van der Waals surface area contributed by atoms with E-state index in [-0.39, 0.29) is 25.0 Å². The van der Waals surface area contributed by atoms with Crippen molar-refractivity contribution in [2.45, 2.75) is 70.9 Å². The molecule has 30 heavy (non-hydrogen) atoms. The molecule has 0 aromatic heterocycles. The molecule has 2 aliphatic rings. The number of carbonyl (C=O) groups is 2. The summed E-state index contributed by atoms with van der Waals surface area (Å²) in [4.78, 5) is 28.3. The minimum atomic E-state index is -3.62. The monoisotopic (exact) mass is 435 g/mol. The summed E-state index contributed by atoms with van der Waals surface area (Å²) in [5.74, 6) is -0.687. The second-order valence-electron chi connectivity index (χ2n) is 8.99. The number of nitrogens with zero attached hydrogens (tertiary/aromatic N) is 2. The zero-order valence-corrected chi connectivity index (χ0v) is 19.2. The van der Waals surface area contributed by atoms with Gasteiger partial charge in [-0.1, -0.05) is 43.4 Å². The van der Waals surface area contributed by atoms with E-state index >= 15 is 0 Å².